The van der Waals surface area contributed by atoms with Crippen LogP contribution < -0.4 is 5.32 Å². The SMILES string of the molecule is C[C@H](CC(=O)N1[C@@H]2CC[C@H]1[C@@H](C(=O)O)C2)NC(=O)OCC1c2ccccc2-c2ccccc21. The van der Waals surface area contributed by atoms with Crippen molar-refractivity contribution in [3.05, 3.63) is 59.7 Å². The number of carbonyl (C=O) groups is 3. The summed E-state index contributed by atoms with van der Waals surface area (Å²) < 4.78 is 5.57. The minimum atomic E-state index is -0.829. The number of ether oxygens (including phenoxy) is 1. The van der Waals surface area contributed by atoms with Crippen LogP contribution in [0.15, 0.2) is 48.5 Å². The van der Waals surface area contributed by atoms with Crippen LogP contribution in [0.4, 0.5) is 4.79 Å². The van der Waals surface area contributed by atoms with Gasteiger partial charge in [-0.05, 0) is 48.4 Å². The van der Waals surface area contributed by atoms with E-state index in [2.05, 4.69) is 29.6 Å². The largest absolute Gasteiger partial charge is 0.481 e. The maximum absolute atomic E-state index is 12.8. The fraction of sp³-hybridized carbons (Fsp3) is 0.423. The lowest BCUT2D eigenvalue weighted by Gasteiger charge is -2.25. The van der Waals surface area contributed by atoms with E-state index in [4.69, 9.17) is 4.74 Å². The second-order valence-electron chi connectivity index (χ2n) is 9.36. The maximum atomic E-state index is 12.8. The summed E-state index contributed by atoms with van der Waals surface area (Å²) in [6, 6.07) is 15.7. The molecule has 2 saturated heterocycles. The predicted octanol–water partition coefficient (Wildman–Crippen LogP) is 3.77. The van der Waals surface area contributed by atoms with E-state index in [1.54, 1.807) is 11.8 Å². The Balaban J connectivity index is 1.16. The van der Waals surface area contributed by atoms with E-state index in [0.29, 0.717) is 6.42 Å². The van der Waals surface area contributed by atoms with Crippen LogP contribution in [0.5, 0.6) is 0 Å². The summed E-state index contributed by atoms with van der Waals surface area (Å²) in [7, 11) is 0. The lowest BCUT2D eigenvalue weighted by Crippen LogP contribution is -2.42. The molecule has 2 N–H and O–H groups in total. The zero-order valence-corrected chi connectivity index (χ0v) is 18.6. The number of nitrogens with one attached hydrogen (secondary N) is 1. The van der Waals surface area contributed by atoms with Crippen molar-refractivity contribution in [1.29, 1.82) is 0 Å². The molecule has 172 valence electrons. The van der Waals surface area contributed by atoms with Gasteiger partial charge in [0.15, 0.2) is 0 Å². The van der Waals surface area contributed by atoms with Crippen LogP contribution in [0.3, 0.4) is 0 Å². The van der Waals surface area contributed by atoms with E-state index in [1.165, 1.54) is 11.1 Å². The lowest BCUT2D eigenvalue weighted by molar-refractivity contribution is -0.143. The second kappa shape index (κ2) is 8.54. The molecule has 2 heterocycles. The standard InChI is InChI=1S/C26H28N2O5/c1-15(12-24(29)28-16-10-11-23(28)21(13-16)25(30)31)27-26(32)33-14-22-19-8-4-2-6-17(19)18-7-3-5-9-20(18)22/h2-9,15-16,21-23H,10-14H2,1H3,(H,27,32)(H,30,31)/t15-,16-,21+,23+/m1/s1. The molecule has 0 spiro atoms. The molecule has 1 aliphatic carbocycles. The fourth-order valence-electron chi connectivity index (χ4n) is 5.90. The van der Waals surface area contributed by atoms with E-state index in [-0.39, 0.29) is 36.9 Å². The number of hydrogen-bond donors (Lipinski definition) is 2. The molecule has 0 aromatic heterocycles. The maximum Gasteiger partial charge on any atom is 0.407 e. The normalized spacial score (nSPS) is 23.7. The molecule has 7 heteroatoms. The summed E-state index contributed by atoms with van der Waals surface area (Å²) in [4.78, 5) is 38.5. The molecule has 2 amide bonds. The smallest absolute Gasteiger partial charge is 0.407 e. The Morgan fingerprint density at radius 3 is 2.30 bits per heavy atom. The third kappa shape index (κ3) is 3.86. The molecule has 0 radical (unpaired) electrons. The molecule has 0 unspecified atom stereocenters. The number of aliphatic carboxylic acids is 1. The number of alkyl carbamates (subject to hydrolysis) is 1. The number of carboxylic acid groups (broad SMARTS) is 1. The minimum absolute atomic E-state index is 0.00487. The molecule has 2 aromatic rings. The van der Waals surface area contributed by atoms with E-state index < -0.39 is 24.0 Å². The monoisotopic (exact) mass is 448 g/mol. The Morgan fingerprint density at radius 1 is 1.06 bits per heavy atom. The zero-order valence-electron chi connectivity index (χ0n) is 18.6. The van der Waals surface area contributed by atoms with Crippen LogP contribution in [0.1, 0.15) is 49.7 Å². The molecular weight excluding hydrogens is 420 g/mol. The van der Waals surface area contributed by atoms with Gasteiger partial charge in [-0.25, -0.2) is 4.79 Å². The number of rotatable bonds is 6. The molecule has 2 aliphatic heterocycles. The summed E-state index contributed by atoms with van der Waals surface area (Å²) in [5, 5.41) is 12.2. The van der Waals surface area contributed by atoms with Crippen molar-refractivity contribution in [2.75, 3.05) is 6.61 Å². The lowest BCUT2D eigenvalue weighted by atomic mass is 9.89. The first-order valence-corrected chi connectivity index (χ1v) is 11.6. The summed E-state index contributed by atoms with van der Waals surface area (Å²) in [6.07, 6.45) is 1.70. The molecule has 33 heavy (non-hydrogen) atoms. The Kier molecular flexibility index (Phi) is 5.56. The second-order valence-corrected chi connectivity index (χ2v) is 9.36. The van der Waals surface area contributed by atoms with Crippen molar-refractivity contribution >= 4 is 18.0 Å². The zero-order chi connectivity index (χ0) is 23.1. The molecule has 7 nitrogen and oxygen atoms in total. The van der Waals surface area contributed by atoms with Gasteiger partial charge < -0.3 is 20.1 Å². The molecule has 2 aromatic carbocycles. The number of benzene rings is 2. The van der Waals surface area contributed by atoms with Crippen molar-refractivity contribution in [1.82, 2.24) is 10.2 Å². The van der Waals surface area contributed by atoms with E-state index >= 15 is 0 Å². The Labute approximate surface area is 192 Å². The van der Waals surface area contributed by atoms with Gasteiger partial charge in [0, 0.05) is 30.5 Å². The van der Waals surface area contributed by atoms with Gasteiger partial charge in [0.1, 0.15) is 6.61 Å². The quantitative estimate of drug-likeness (QED) is 0.701. The summed E-state index contributed by atoms with van der Waals surface area (Å²) >= 11 is 0. The van der Waals surface area contributed by atoms with Gasteiger partial charge in [0.25, 0.3) is 0 Å². The van der Waals surface area contributed by atoms with Crippen molar-refractivity contribution in [2.45, 2.75) is 56.7 Å². The number of nitrogens with zero attached hydrogens (tertiary/aromatic N) is 1. The number of fused-ring (bicyclic) bond motifs is 5. The van der Waals surface area contributed by atoms with E-state index in [9.17, 15) is 19.5 Å². The number of carbonyl (C=O) groups excluding carboxylic acids is 2. The van der Waals surface area contributed by atoms with Gasteiger partial charge in [-0.1, -0.05) is 48.5 Å². The molecule has 3 aliphatic rings. The van der Waals surface area contributed by atoms with Crippen molar-refractivity contribution in [3.63, 3.8) is 0 Å². The average Bonchev–Trinajstić information content (AvgIpc) is 3.47. The number of amides is 2. The predicted molar refractivity (Wildman–Crippen MR) is 122 cm³/mol. The van der Waals surface area contributed by atoms with E-state index in [0.717, 1.165) is 24.0 Å². The number of carboxylic acids is 1. The third-order valence-electron chi connectivity index (χ3n) is 7.33. The molecule has 0 saturated carbocycles. The van der Waals surface area contributed by atoms with E-state index in [1.807, 2.05) is 24.3 Å². The molecular formula is C26H28N2O5. The summed E-state index contributed by atoms with van der Waals surface area (Å²) in [5.74, 6) is -1.42. The highest BCUT2D eigenvalue weighted by molar-refractivity contribution is 5.82. The Morgan fingerprint density at radius 2 is 1.70 bits per heavy atom. The van der Waals surface area contributed by atoms with Crippen LogP contribution in [0.25, 0.3) is 11.1 Å². The van der Waals surface area contributed by atoms with Crippen molar-refractivity contribution in [3.8, 4) is 11.1 Å². The highest BCUT2D eigenvalue weighted by atomic mass is 16.5. The van der Waals surface area contributed by atoms with Gasteiger partial charge in [0.05, 0.1) is 5.92 Å². The third-order valence-corrected chi connectivity index (χ3v) is 7.33. The topological polar surface area (TPSA) is 95.9 Å². The fourth-order valence-corrected chi connectivity index (χ4v) is 5.90. The van der Waals surface area contributed by atoms with Crippen LogP contribution >= 0.6 is 0 Å². The van der Waals surface area contributed by atoms with Crippen LogP contribution in [0, 0.1) is 5.92 Å². The average molecular weight is 449 g/mol. The van der Waals surface area contributed by atoms with Gasteiger partial charge in [0.2, 0.25) is 5.91 Å². The molecule has 2 fully saturated rings. The Bertz CT molecular complexity index is 1050. The first-order chi connectivity index (χ1) is 15.9. The van der Waals surface area contributed by atoms with Gasteiger partial charge in [-0.2, -0.15) is 0 Å². The first kappa shape index (κ1) is 21.5. The van der Waals surface area contributed by atoms with Gasteiger partial charge in [-0.15, -0.1) is 0 Å². The summed E-state index contributed by atoms with van der Waals surface area (Å²) in [6.45, 7) is 1.99. The van der Waals surface area contributed by atoms with Gasteiger partial charge >= 0.3 is 12.1 Å². The minimum Gasteiger partial charge on any atom is -0.481 e. The first-order valence-electron chi connectivity index (χ1n) is 11.6. The summed E-state index contributed by atoms with van der Waals surface area (Å²) in [5.41, 5.74) is 4.63. The number of hydrogen-bond acceptors (Lipinski definition) is 4. The van der Waals surface area contributed by atoms with Gasteiger partial charge in [-0.3, -0.25) is 9.59 Å². The molecule has 2 bridgehead atoms. The highest BCUT2D eigenvalue weighted by Crippen LogP contribution is 2.44. The van der Waals surface area contributed by atoms with Crippen LogP contribution in [-0.4, -0.2) is 52.7 Å². The molecule has 4 atom stereocenters. The van der Waals surface area contributed by atoms with Crippen molar-refractivity contribution < 1.29 is 24.2 Å². The Hall–Kier alpha value is -3.35. The highest BCUT2D eigenvalue weighted by Gasteiger charge is 2.51. The van der Waals surface area contributed by atoms with Crippen molar-refractivity contribution in [2.24, 2.45) is 5.92 Å². The van der Waals surface area contributed by atoms with Crippen LogP contribution in [-0.2, 0) is 14.3 Å². The van der Waals surface area contributed by atoms with Crippen LogP contribution in [0.2, 0.25) is 0 Å². The molecule has 5 rings (SSSR count).